The van der Waals surface area contributed by atoms with E-state index in [9.17, 15) is 0 Å². The van der Waals surface area contributed by atoms with E-state index in [1.807, 2.05) is 6.07 Å². The average molecular weight is 1010 g/mol. The first-order valence-electron chi connectivity index (χ1n) is 27.3. The van der Waals surface area contributed by atoms with Crippen molar-refractivity contribution in [3.8, 4) is 55.9 Å². The second-order valence-electron chi connectivity index (χ2n) is 21.7. The monoisotopic (exact) mass is 1010 g/mol. The quantitative estimate of drug-likeness (QED) is 0.152. The molecule has 0 N–H and O–H groups in total. The fourth-order valence-corrected chi connectivity index (χ4v) is 13.1. The summed E-state index contributed by atoms with van der Waals surface area (Å²) >= 11 is 0. The zero-order valence-electron chi connectivity index (χ0n) is 43.7. The Morgan fingerprint density at radius 1 is 0.304 bits per heavy atom. The van der Waals surface area contributed by atoms with E-state index in [0.717, 1.165) is 67.1 Å². The van der Waals surface area contributed by atoms with Crippen LogP contribution in [-0.2, 0) is 5.41 Å². The average Bonchev–Trinajstić information content (AvgIpc) is 4.41. The number of hydrogen-bond acceptors (Lipinski definition) is 2. The number of aromatic nitrogens is 2. The van der Waals surface area contributed by atoms with E-state index < -0.39 is 0 Å². The van der Waals surface area contributed by atoms with Crippen molar-refractivity contribution in [1.29, 1.82) is 0 Å². The smallest absolute Gasteiger partial charge is 0.143 e. The van der Waals surface area contributed by atoms with Crippen LogP contribution in [0.1, 0.15) is 25.0 Å². The number of nitrogens with zero attached hydrogens (tertiary/aromatic N) is 3. The fraction of sp³-hybridized carbons (Fsp3) is 0.0400. The van der Waals surface area contributed by atoms with Gasteiger partial charge in [0.05, 0.1) is 22.1 Å². The molecule has 0 amide bonds. The SMILES string of the molecule is CC1(C)c2cc(-c3ccc4c5ccccc5n(-c5ccccc5)c4c3)ccc2-c2ccc(N(c3ccc(-c4ccc(-n5c6ccccc6c6ccccc65)cc4)cc3)c3ccc(-c4cccc5c4oc4ccccc45)cc3)cc21. The number of benzene rings is 12. The van der Waals surface area contributed by atoms with Crippen LogP contribution in [0, 0.1) is 0 Å². The zero-order valence-corrected chi connectivity index (χ0v) is 43.7. The molecule has 16 rings (SSSR count). The van der Waals surface area contributed by atoms with Gasteiger partial charge in [0.1, 0.15) is 11.2 Å². The first kappa shape index (κ1) is 45.1. The summed E-state index contributed by atoms with van der Waals surface area (Å²) in [6, 6.07) is 99.9. The number of fused-ring (bicyclic) bond motifs is 12. The lowest BCUT2D eigenvalue weighted by molar-refractivity contribution is 0.660. The van der Waals surface area contributed by atoms with Gasteiger partial charge in [-0.25, -0.2) is 0 Å². The zero-order chi connectivity index (χ0) is 52.3. The number of para-hydroxylation sites is 6. The van der Waals surface area contributed by atoms with Crippen molar-refractivity contribution < 1.29 is 4.42 Å². The van der Waals surface area contributed by atoms with Gasteiger partial charge in [-0.1, -0.05) is 190 Å². The molecule has 0 radical (unpaired) electrons. The summed E-state index contributed by atoms with van der Waals surface area (Å²) in [4.78, 5) is 2.41. The molecule has 79 heavy (non-hydrogen) atoms. The maximum absolute atomic E-state index is 6.52. The van der Waals surface area contributed by atoms with Crippen LogP contribution in [0.2, 0.25) is 0 Å². The van der Waals surface area contributed by atoms with E-state index in [1.165, 1.54) is 82.6 Å². The second-order valence-corrected chi connectivity index (χ2v) is 21.7. The lowest BCUT2D eigenvalue weighted by Gasteiger charge is -2.28. The Morgan fingerprint density at radius 2 is 0.759 bits per heavy atom. The molecule has 0 bridgehead atoms. The van der Waals surface area contributed by atoms with Crippen LogP contribution < -0.4 is 4.90 Å². The second kappa shape index (κ2) is 17.4. The van der Waals surface area contributed by atoms with Crippen LogP contribution >= 0.6 is 0 Å². The topological polar surface area (TPSA) is 26.2 Å². The highest BCUT2D eigenvalue weighted by molar-refractivity contribution is 6.12. The van der Waals surface area contributed by atoms with Gasteiger partial charge in [0.25, 0.3) is 0 Å². The molecule has 3 heterocycles. The molecule has 0 spiro atoms. The number of rotatable bonds is 8. The Balaban J connectivity index is 0.773. The third-order valence-corrected chi connectivity index (χ3v) is 16.9. The summed E-state index contributed by atoms with van der Waals surface area (Å²) in [6.07, 6.45) is 0. The molecule has 0 atom stereocenters. The van der Waals surface area contributed by atoms with Crippen molar-refractivity contribution in [3.05, 3.63) is 284 Å². The molecular formula is C75H51N3O. The van der Waals surface area contributed by atoms with Crippen molar-refractivity contribution in [2.24, 2.45) is 0 Å². The Kier molecular flexibility index (Phi) is 9.95. The molecule has 3 aromatic heterocycles. The summed E-state index contributed by atoms with van der Waals surface area (Å²) in [5.41, 5.74) is 24.1. The predicted molar refractivity (Wildman–Crippen MR) is 331 cm³/mol. The Hall–Kier alpha value is -10.2. The summed E-state index contributed by atoms with van der Waals surface area (Å²) in [5.74, 6) is 0. The molecule has 15 aromatic rings. The molecule has 4 nitrogen and oxygen atoms in total. The molecule has 4 heteroatoms. The summed E-state index contributed by atoms with van der Waals surface area (Å²) in [7, 11) is 0. The van der Waals surface area contributed by atoms with Crippen molar-refractivity contribution in [2.45, 2.75) is 19.3 Å². The highest BCUT2D eigenvalue weighted by atomic mass is 16.3. The molecule has 0 fully saturated rings. The van der Waals surface area contributed by atoms with Crippen LogP contribution in [-0.4, -0.2) is 9.13 Å². The first-order chi connectivity index (χ1) is 38.9. The molecule has 372 valence electrons. The number of hydrogen-bond donors (Lipinski definition) is 0. The van der Waals surface area contributed by atoms with E-state index in [4.69, 9.17) is 4.42 Å². The lowest BCUT2D eigenvalue weighted by Crippen LogP contribution is -2.16. The van der Waals surface area contributed by atoms with Gasteiger partial charge in [0, 0.05) is 71.7 Å². The van der Waals surface area contributed by atoms with Gasteiger partial charge in [0.2, 0.25) is 0 Å². The number of anilines is 3. The van der Waals surface area contributed by atoms with E-state index in [2.05, 4.69) is 295 Å². The van der Waals surface area contributed by atoms with Crippen LogP contribution in [0.15, 0.2) is 277 Å². The normalized spacial score (nSPS) is 12.8. The van der Waals surface area contributed by atoms with Gasteiger partial charge in [-0.15, -0.1) is 0 Å². The minimum absolute atomic E-state index is 0.268. The van der Waals surface area contributed by atoms with E-state index >= 15 is 0 Å². The molecule has 0 saturated carbocycles. The first-order valence-corrected chi connectivity index (χ1v) is 27.3. The lowest BCUT2D eigenvalue weighted by atomic mass is 9.81. The maximum Gasteiger partial charge on any atom is 0.143 e. The predicted octanol–water partition coefficient (Wildman–Crippen LogP) is 20.6. The van der Waals surface area contributed by atoms with Crippen molar-refractivity contribution in [2.75, 3.05) is 4.90 Å². The Bertz CT molecular complexity index is 4850. The van der Waals surface area contributed by atoms with Gasteiger partial charge in [0.15, 0.2) is 0 Å². The van der Waals surface area contributed by atoms with Crippen LogP contribution in [0.25, 0.3) is 121 Å². The third-order valence-electron chi connectivity index (χ3n) is 16.9. The van der Waals surface area contributed by atoms with Gasteiger partial charge < -0.3 is 18.5 Å². The molecular weight excluding hydrogens is 959 g/mol. The third kappa shape index (κ3) is 7.01. The van der Waals surface area contributed by atoms with Gasteiger partial charge in [-0.3, -0.25) is 0 Å². The molecule has 0 saturated heterocycles. The van der Waals surface area contributed by atoms with Gasteiger partial charge in [-0.05, 0) is 147 Å². The van der Waals surface area contributed by atoms with Crippen LogP contribution in [0.3, 0.4) is 0 Å². The Labute approximate surface area is 457 Å². The molecule has 1 aliphatic rings. The Morgan fingerprint density at radius 3 is 1.42 bits per heavy atom. The molecule has 12 aromatic carbocycles. The molecule has 0 aliphatic heterocycles. The van der Waals surface area contributed by atoms with Crippen molar-refractivity contribution in [1.82, 2.24) is 9.13 Å². The minimum Gasteiger partial charge on any atom is -0.455 e. The highest BCUT2D eigenvalue weighted by Gasteiger charge is 2.36. The van der Waals surface area contributed by atoms with E-state index in [0.29, 0.717) is 0 Å². The standard InChI is InChI=1S/C75H51N3O/c1-75(2)67-45-51(52-34-43-64-63-19-8-12-25-71(63)78(72(64)46-52)53-15-4-3-5-16-53)33-42-59(67)60-44-41-57(47-68(60)75)76(55-39-31-50(32-40-55)58-21-14-22-66-65-20-9-13-26-73(65)79-74(58)66)54-35-27-48(28-36-54)49-29-37-56(38-30-49)77-69-23-10-6-17-61(69)62-18-7-11-24-70(62)77/h3-47H,1-2H3. The molecule has 0 unspecified atom stereocenters. The summed E-state index contributed by atoms with van der Waals surface area (Å²) in [6.45, 7) is 4.78. The highest BCUT2D eigenvalue weighted by Crippen LogP contribution is 2.52. The summed E-state index contributed by atoms with van der Waals surface area (Å²) in [5, 5.41) is 7.30. The van der Waals surface area contributed by atoms with Gasteiger partial charge in [-0.2, -0.15) is 0 Å². The molecule has 1 aliphatic carbocycles. The van der Waals surface area contributed by atoms with E-state index in [-0.39, 0.29) is 5.41 Å². The number of furan rings is 1. The van der Waals surface area contributed by atoms with E-state index in [1.54, 1.807) is 0 Å². The minimum atomic E-state index is -0.268. The maximum atomic E-state index is 6.52. The fourth-order valence-electron chi connectivity index (χ4n) is 13.1. The van der Waals surface area contributed by atoms with Crippen LogP contribution in [0.5, 0.6) is 0 Å². The summed E-state index contributed by atoms with van der Waals surface area (Å²) < 4.78 is 11.3. The van der Waals surface area contributed by atoms with Crippen molar-refractivity contribution >= 4 is 82.6 Å². The van der Waals surface area contributed by atoms with Crippen molar-refractivity contribution in [3.63, 3.8) is 0 Å². The largest absolute Gasteiger partial charge is 0.455 e. The van der Waals surface area contributed by atoms with Gasteiger partial charge >= 0.3 is 0 Å². The van der Waals surface area contributed by atoms with Crippen LogP contribution in [0.4, 0.5) is 17.1 Å².